The minimum atomic E-state index is -4.44. The van der Waals surface area contributed by atoms with Crippen molar-refractivity contribution in [1.82, 2.24) is 4.90 Å². The highest BCUT2D eigenvalue weighted by atomic mass is 19.4. The lowest BCUT2D eigenvalue weighted by molar-refractivity contribution is -0.147. The number of carboxylic acid groups (broad SMARTS) is 1. The minimum Gasteiger partial charge on any atom is -0.481 e. The normalized spacial score (nSPS) is 29.6. The largest absolute Gasteiger partial charge is 0.481 e. The summed E-state index contributed by atoms with van der Waals surface area (Å²) in [6, 6.07) is 5.34. The number of carbonyl (C=O) groups is 2. The highest BCUT2D eigenvalue weighted by Gasteiger charge is 2.51. The molecule has 7 heteroatoms. The summed E-state index contributed by atoms with van der Waals surface area (Å²) in [4.78, 5) is 25.3. The van der Waals surface area contributed by atoms with Gasteiger partial charge in [-0.05, 0) is 37.3 Å². The highest BCUT2D eigenvalue weighted by molar-refractivity contribution is 5.85. The molecule has 1 saturated heterocycles. The number of amides is 1. The van der Waals surface area contributed by atoms with Gasteiger partial charge in [0, 0.05) is 19.0 Å². The van der Waals surface area contributed by atoms with E-state index < -0.39 is 35.0 Å². The van der Waals surface area contributed by atoms with Crippen molar-refractivity contribution >= 4 is 11.9 Å². The second kappa shape index (κ2) is 5.50. The van der Waals surface area contributed by atoms with Crippen LogP contribution < -0.4 is 0 Å². The maximum absolute atomic E-state index is 13.1. The molecule has 1 aromatic rings. The average molecular weight is 341 g/mol. The first-order valence-corrected chi connectivity index (χ1v) is 7.82. The number of alkyl halides is 3. The number of aliphatic carboxylic acids is 1. The van der Waals surface area contributed by atoms with Crippen molar-refractivity contribution in [2.75, 3.05) is 13.1 Å². The molecule has 2 aliphatic rings. The van der Waals surface area contributed by atoms with Crippen LogP contribution in [0.2, 0.25) is 0 Å². The number of benzene rings is 1. The van der Waals surface area contributed by atoms with Crippen LogP contribution in [0.1, 0.15) is 36.8 Å². The molecule has 2 fully saturated rings. The van der Waals surface area contributed by atoms with E-state index in [0.29, 0.717) is 19.4 Å². The van der Waals surface area contributed by atoms with Gasteiger partial charge >= 0.3 is 12.1 Å². The Morgan fingerprint density at radius 2 is 1.96 bits per heavy atom. The van der Waals surface area contributed by atoms with Crippen LogP contribution in [-0.4, -0.2) is 35.0 Å². The van der Waals surface area contributed by atoms with Gasteiger partial charge in [-0.3, -0.25) is 9.59 Å². The lowest BCUT2D eigenvalue weighted by Crippen LogP contribution is -2.35. The Morgan fingerprint density at radius 3 is 2.54 bits per heavy atom. The fraction of sp³-hybridized carbons (Fsp3) is 0.529. The van der Waals surface area contributed by atoms with Crippen LogP contribution in [0, 0.1) is 11.3 Å². The molecular formula is C17H18F3NO3. The smallest absolute Gasteiger partial charge is 0.416 e. The minimum absolute atomic E-state index is 0.116. The fourth-order valence-corrected chi connectivity index (χ4v) is 3.45. The Hall–Kier alpha value is -2.05. The molecule has 24 heavy (non-hydrogen) atoms. The molecule has 1 aliphatic carbocycles. The summed E-state index contributed by atoms with van der Waals surface area (Å²) in [5.74, 6) is -2.11. The third-order valence-electron chi connectivity index (χ3n) is 5.07. The monoisotopic (exact) mass is 341 g/mol. The topological polar surface area (TPSA) is 57.6 Å². The zero-order chi connectivity index (χ0) is 17.7. The van der Waals surface area contributed by atoms with Gasteiger partial charge in [0.25, 0.3) is 0 Å². The first kappa shape index (κ1) is 16.8. The highest BCUT2D eigenvalue weighted by Crippen LogP contribution is 2.52. The van der Waals surface area contributed by atoms with E-state index in [1.54, 1.807) is 13.0 Å². The zero-order valence-electron chi connectivity index (χ0n) is 13.1. The van der Waals surface area contributed by atoms with E-state index >= 15 is 0 Å². The van der Waals surface area contributed by atoms with Crippen molar-refractivity contribution < 1.29 is 27.9 Å². The molecule has 4 nitrogen and oxygen atoms in total. The second-order valence-electron chi connectivity index (χ2n) is 6.91. The first-order valence-electron chi connectivity index (χ1n) is 7.82. The summed E-state index contributed by atoms with van der Waals surface area (Å²) in [7, 11) is 0. The Balaban J connectivity index is 1.73. The number of carbonyl (C=O) groups excluding carboxylic acids is 1. The number of nitrogens with zero attached hydrogens (tertiary/aromatic N) is 1. The average Bonchev–Trinajstić information content (AvgIpc) is 3.21. The maximum atomic E-state index is 13.1. The van der Waals surface area contributed by atoms with Crippen LogP contribution in [0.5, 0.6) is 0 Å². The summed E-state index contributed by atoms with van der Waals surface area (Å²) in [5, 5.41) is 9.22. The number of carboxylic acids is 1. The van der Waals surface area contributed by atoms with Gasteiger partial charge in [0.1, 0.15) is 0 Å². The number of hydrogen-bond acceptors (Lipinski definition) is 2. The van der Waals surface area contributed by atoms with Gasteiger partial charge in [0.15, 0.2) is 0 Å². The molecule has 1 heterocycles. The van der Waals surface area contributed by atoms with E-state index in [9.17, 15) is 27.9 Å². The Morgan fingerprint density at radius 1 is 1.29 bits per heavy atom. The number of hydrogen-bond donors (Lipinski definition) is 1. The van der Waals surface area contributed by atoms with Crippen molar-refractivity contribution in [2.45, 2.75) is 31.9 Å². The standard InChI is InChI=1S/C17H18F3NO3/c1-16(15(23)24)6-7-21(9-16)14(22)12-8-11(12)10-4-2-3-5-13(10)17(18,19)20/h2-5,11-12H,6-9H2,1H3,(H,23,24)/t11-,12-,16+/m1/s1. The Kier molecular flexibility index (Phi) is 3.85. The molecule has 3 atom stereocenters. The second-order valence-corrected chi connectivity index (χ2v) is 6.91. The molecule has 1 saturated carbocycles. The van der Waals surface area contributed by atoms with Crippen molar-refractivity contribution in [1.29, 1.82) is 0 Å². The maximum Gasteiger partial charge on any atom is 0.416 e. The van der Waals surface area contributed by atoms with Gasteiger partial charge in [-0.2, -0.15) is 13.2 Å². The summed E-state index contributed by atoms with van der Waals surface area (Å²) < 4.78 is 39.3. The van der Waals surface area contributed by atoms with Crippen LogP contribution in [0.4, 0.5) is 13.2 Å². The van der Waals surface area contributed by atoms with E-state index in [1.165, 1.54) is 17.0 Å². The lowest BCUT2D eigenvalue weighted by atomic mass is 9.90. The molecule has 0 radical (unpaired) electrons. The van der Waals surface area contributed by atoms with Crippen molar-refractivity contribution in [3.05, 3.63) is 35.4 Å². The van der Waals surface area contributed by atoms with Crippen LogP contribution in [0.3, 0.4) is 0 Å². The molecule has 0 aromatic heterocycles. The molecule has 0 spiro atoms. The molecular weight excluding hydrogens is 323 g/mol. The van der Waals surface area contributed by atoms with E-state index in [0.717, 1.165) is 6.07 Å². The van der Waals surface area contributed by atoms with Crippen LogP contribution in [0.15, 0.2) is 24.3 Å². The van der Waals surface area contributed by atoms with E-state index in [4.69, 9.17) is 0 Å². The molecule has 0 bridgehead atoms. The molecule has 130 valence electrons. The summed E-state index contributed by atoms with van der Waals surface area (Å²) >= 11 is 0. The molecule has 1 aromatic carbocycles. The van der Waals surface area contributed by atoms with E-state index in [1.807, 2.05) is 0 Å². The first-order chi connectivity index (χ1) is 11.1. The van der Waals surface area contributed by atoms with E-state index in [2.05, 4.69) is 0 Å². The van der Waals surface area contributed by atoms with Crippen LogP contribution in [-0.2, 0) is 15.8 Å². The lowest BCUT2D eigenvalue weighted by Gasteiger charge is -2.20. The number of likely N-dealkylation sites (tertiary alicyclic amines) is 1. The van der Waals surface area contributed by atoms with Crippen molar-refractivity contribution in [3.8, 4) is 0 Å². The van der Waals surface area contributed by atoms with Gasteiger partial charge in [-0.1, -0.05) is 18.2 Å². The zero-order valence-corrected chi connectivity index (χ0v) is 13.1. The van der Waals surface area contributed by atoms with Gasteiger partial charge in [-0.25, -0.2) is 0 Å². The van der Waals surface area contributed by atoms with Gasteiger partial charge in [0.05, 0.1) is 11.0 Å². The van der Waals surface area contributed by atoms with Crippen molar-refractivity contribution in [2.24, 2.45) is 11.3 Å². The van der Waals surface area contributed by atoms with Gasteiger partial charge < -0.3 is 10.0 Å². The third-order valence-corrected chi connectivity index (χ3v) is 5.07. The van der Waals surface area contributed by atoms with Gasteiger partial charge in [-0.15, -0.1) is 0 Å². The molecule has 1 amide bonds. The summed E-state index contributed by atoms with van der Waals surface area (Å²) in [6.45, 7) is 2.04. The predicted octanol–water partition coefficient (Wildman–Crippen LogP) is 3.13. The SMILES string of the molecule is C[C@]1(C(=O)O)CCN(C(=O)[C@@H]2C[C@@H]2c2ccccc2C(F)(F)F)C1. The Bertz CT molecular complexity index is 688. The molecule has 0 unspecified atom stereocenters. The quantitative estimate of drug-likeness (QED) is 0.919. The predicted molar refractivity (Wildman–Crippen MR) is 79.2 cm³/mol. The molecule has 1 aliphatic heterocycles. The molecule has 3 rings (SSSR count). The van der Waals surface area contributed by atoms with Gasteiger partial charge in [0.2, 0.25) is 5.91 Å². The Labute approximate surface area is 137 Å². The van der Waals surface area contributed by atoms with Crippen LogP contribution >= 0.6 is 0 Å². The third kappa shape index (κ3) is 2.87. The summed E-state index contributed by atoms with van der Waals surface area (Å²) in [5.41, 5.74) is -1.50. The number of halogens is 3. The van der Waals surface area contributed by atoms with E-state index in [-0.39, 0.29) is 18.0 Å². The summed E-state index contributed by atoms with van der Waals surface area (Å²) in [6.07, 6.45) is -3.70. The number of rotatable bonds is 3. The van der Waals surface area contributed by atoms with Crippen molar-refractivity contribution in [3.63, 3.8) is 0 Å². The molecule has 1 N–H and O–H groups in total. The fourth-order valence-electron chi connectivity index (χ4n) is 3.45. The van der Waals surface area contributed by atoms with Crippen LogP contribution in [0.25, 0.3) is 0 Å².